The van der Waals surface area contributed by atoms with Crippen molar-refractivity contribution in [1.82, 2.24) is 4.57 Å². The van der Waals surface area contributed by atoms with Crippen LogP contribution in [0.4, 0.5) is 0 Å². The fourth-order valence-corrected chi connectivity index (χ4v) is 2.14. The van der Waals surface area contributed by atoms with Gasteiger partial charge >= 0.3 is 0 Å². The van der Waals surface area contributed by atoms with Gasteiger partial charge in [-0.15, -0.1) is 0 Å². The molecule has 0 aliphatic rings. The fourth-order valence-electron chi connectivity index (χ4n) is 1.67. The molecule has 0 atom stereocenters. The Hall–Kier alpha value is -1.65. The van der Waals surface area contributed by atoms with E-state index in [1.807, 2.05) is 22.9 Å². The summed E-state index contributed by atoms with van der Waals surface area (Å²) in [5.74, 6) is 0.0603. The molecule has 94 valence electrons. The Bertz CT molecular complexity index is 593. The van der Waals surface area contributed by atoms with Gasteiger partial charge < -0.3 is 15.5 Å². The van der Waals surface area contributed by atoms with E-state index in [4.69, 9.17) is 34.1 Å². The predicted molar refractivity (Wildman–Crippen MR) is 72.5 cm³/mol. The summed E-state index contributed by atoms with van der Waals surface area (Å²) in [6.45, 7) is 0.522. The molecule has 3 N–H and O–H groups in total. The molecule has 0 fully saturated rings. The molecule has 0 aliphatic carbocycles. The van der Waals surface area contributed by atoms with Crippen LogP contribution in [0, 0.1) is 0 Å². The smallest absolute Gasteiger partial charge is 0.186 e. The molecule has 0 saturated carbocycles. The van der Waals surface area contributed by atoms with Crippen molar-refractivity contribution in [1.29, 1.82) is 0 Å². The monoisotopic (exact) mass is 283 g/mol. The molecule has 0 saturated heterocycles. The van der Waals surface area contributed by atoms with Gasteiger partial charge in [0.15, 0.2) is 5.84 Å². The van der Waals surface area contributed by atoms with E-state index in [9.17, 15) is 0 Å². The zero-order chi connectivity index (χ0) is 13.1. The maximum atomic E-state index is 8.69. The van der Waals surface area contributed by atoms with E-state index in [0.717, 1.165) is 5.56 Å². The lowest BCUT2D eigenvalue weighted by molar-refractivity contribution is 0.318. The molecule has 2 aromatic rings. The zero-order valence-corrected chi connectivity index (χ0v) is 10.9. The number of rotatable bonds is 3. The van der Waals surface area contributed by atoms with E-state index in [1.54, 1.807) is 18.2 Å². The molecule has 0 spiro atoms. The van der Waals surface area contributed by atoms with Crippen molar-refractivity contribution >= 4 is 29.0 Å². The highest BCUT2D eigenvalue weighted by Crippen LogP contribution is 2.22. The maximum Gasteiger partial charge on any atom is 0.186 e. The molecule has 2 rings (SSSR count). The molecular formula is C12H11Cl2N3O. The lowest BCUT2D eigenvalue weighted by Crippen LogP contribution is -2.18. The first kappa shape index (κ1) is 12.8. The van der Waals surface area contributed by atoms with E-state index >= 15 is 0 Å². The maximum absolute atomic E-state index is 8.69. The highest BCUT2D eigenvalue weighted by Gasteiger charge is 2.08. The Morgan fingerprint density at radius 2 is 2.11 bits per heavy atom. The van der Waals surface area contributed by atoms with Gasteiger partial charge in [0.25, 0.3) is 0 Å². The molecular weight excluding hydrogens is 273 g/mol. The summed E-state index contributed by atoms with van der Waals surface area (Å²) in [4.78, 5) is 0. The summed E-state index contributed by atoms with van der Waals surface area (Å²) in [5, 5.41) is 12.9. The average Bonchev–Trinajstić information content (AvgIpc) is 2.80. The number of amidine groups is 1. The summed E-state index contributed by atoms with van der Waals surface area (Å²) in [6, 6.07) is 8.89. The number of nitrogens with two attached hydrogens (primary N) is 1. The van der Waals surface area contributed by atoms with E-state index in [2.05, 4.69) is 5.16 Å². The third kappa shape index (κ3) is 2.60. The minimum atomic E-state index is 0.0603. The van der Waals surface area contributed by atoms with Crippen molar-refractivity contribution in [3.05, 3.63) is 57.8 Å². The molecule has 18 heavy (non-hydrogen) atoms. The third-order valence-electron chi connectivity index (χ3n) is 2.56. The van der Waals surface area contributed by atoms with Crippen LogP contribution in [0.15, 0.2) is 41.7 Å². The second kappa shape index (κ2) is 5.33. The van der Waals surface area contributed by atoms with Crippen molar-refractivity contribution in [2.45, 2.75) is 6.54 Å². The van der Waals surface area contributed by atoms with Gasteiger partial charge in [-0.25, -0.2) is 0 Å². The number of benzene rings is 1. The zero-order valence-electron chi connectivity index (χ0n) is 9.35. The predicted octanol–water partition coefficient (Wildman–Crippen LogP) is 2.94. The van der Waals surface area contributed by atoms with Crippen LogP contribution >= 0.6 is 23.2 Å². The van der Waals surface area contributed by atoms with Gasteiger partial charge in [0.05, 0.1) is 5.69 Å². The Morgan fingerprint density at radius 1 is 1.33 bits per heavy atom. The van der Waals surface area contributed by atoms with Crippen LogP contribution in [0.2, 0.25) is 10.0 Å². The van der Waals surface area contributed by atoms with Gasteiger partial charge in [-0.1, -0.05) is 34.4 Å². The standard InChI is InChI=1S/C12H11Cl2N3O/c13-9-4-3-8(10(14)6-9)7-17-5-1-2-11(17)12(15)16-18/h1-6,18H,7H2,(H2,15,16). The summed E-state index contributed by atoms with van der Waals surface area (Å²) >= 11 is 11.9. The Morgan fingerprint density at radius 3 is 2.78 bits per heavy atom. The second-order valence-electron chi connectivity index (χ2n) is 3.74. The average molecular weight is 284 g/mol. The van der Waals surface area contributed by atoms with E-state index in [1.165, 1.54) is 0 Å². The number of aromatic nitrogens is 1. The van der Waals surface area contributed by atoms with Crippen LogP contribution < -0.4 is 5.73 Å². The van der Waals surface area contributed by atoms with E-state index in [-0.39, 0.29) is 5.84 Å². The summed E-state index contributed by atoms with van der Waals surface area (Å²) in [5.41, 5.74) is 7.12. The highest BCUT2D eigenvalue weighted by molar-refractivity contribution is 6.35. The quantitative estimate of drug-likeness (QED) is 0.394. The Labute approximate surface area is 114 Å². The Kier molecular flexibility index (Phi) is 3.79. The van der Waals surface area contributed by atoms with Gasteiger partial charge in [0, 0.05) is 22.8 Å². The normalized spacial score (nSPS) is 11.8. The lowest BCUT2D eigenvalue weighted by atomic mass is 10.2. The van der Waals surface area contributed by atoms with Crippen LogP contribution in [0.1, 0.15) is 11.3 Å². The fraction of sp³-hybridized carbons (Fsp3) is 0.0833. The van der Waals surface area contributed by atoms with Crippen LogP contribution in [-0.4, -0.2) is 15.6 Å². The molecule has 4 nitrogen and oxygen atoms in total. The van der Waals surface area contributed by atoms with Gasteiger partial charge in [-0.05, 0) is 29.8 Å². The third-order valence-corrected chi connectivity index (χ3v) is 3.14. The number of oxime groups is 1. The van der Waals surface area contributed by atoms with Crippen molar-refractivity contribution in [3.8, 4) is 0 Å². The first-order valence-corrected chi connectivity index (χ1v) is 5.94. The SMILES string of the molecule is N/C(=N/O)c1cccn1Cc1ccc(Cl)cc1Cl. The molecule has 0 unspecified atom stereocenters. The van der Waals surface area contributed by atoms with Crippen molar-refractivity contribution in [2.24, 2.45) is 10.9 Å². The van der Waals surface area contributed by atoms with Crippen LogP contribution in [0.5, 0.6) is 0 Å². The minimum Gasteiger partial charge on any atom is -0.409 e. The lowest BCUT2D eigenvalue weighted by Gasteiger charge is -2.09. The first-order valence-electron chi connectivity index (χ1n) is 5.19. The highest BCUT2D eigenvalue weighted by atomic mass is 35.5. The molecule has 0 amide bonds. The van der Waals surface area contributed by atoms with Crippen LogP contribution in [0.25, 0.3) is 0 Å². The number of hydrogen-bond acceptors (Lipinski definition) is 2. The molecule has 1 aromatic heterocycles. The summed E-state index contributed by atoms with van der Waals surface area (Å²) < 4.78 is 1.84. The molecule has 1 aromatic carbocycles. The summed E-state index contributed by atoms with van der Waals surface area (Å²) in [7, 11) is 0. The van der Waals surface area contributed by atoms with Gasteiger partial charge in [0.1, 0.15) is 0 Å². The molecule has 0 radical (unpaired) electrons. The largest absolute Gasteiger partial charge is 0.409 e. The van der Waals surface area contributed by atoms with Crippen LogP contribution in [0.3, 0.4) is 0 Å². The topological polar surface area (TPSA) is 63.5 Å². The van der Waals surface area contributed by atoms with Gasteiger partial charge in [-0.3, -0.25) is 0 Å². The molecule has 1 heterocycles. The number of hydrogen-bond donors (Lipinski definition) is 2. The van der Waals surface area contributed by atoms with Crippen LogP contribution in [-0.2, 0) is 6.54 Å². The molecule has 0 bridgehead atoms. The minimum absolute atomic E-state index is 0.0603. The Balaban J connectivity index is 2.32. The van der Waals surface area contributed by atoms with Crippen molar-refractivity contribution in [2.75, 3.05) is 0 Å². The van der Waals surface area contributed by atoms with Gasteiger partial charge in [0.2, 0.25) is 0 Å². The van der Waals surface area contributed by atoms with Gasteiger partial charge in [-0.2, -0.15) is 0 Å². The molecule has 0 aliphatic heterocycles. The number of nitrogens with zero attached hydrogens (tertiary/aromatic N) is 2. The second-order valence-corrected chi connectivity index (χ2v) is 4.59. The first-order chi connectivity index (χ1) is 8.61. The summed E-state index contributed by atoms with van der Waals surface area (Å²) in [6.07, 6.45) is 1.83. The molecule has 6 heteroatoms. The number of halogens is 2. The van der Waals surface area contributed by atoms with E-state index in [0.29, 0.717) is 22.3 Å². The van der Waals surface area contributed by atoms with Crippen molar-refractivity contribution in [3.63, 3.8) is 0 Å². The van der Waals surface area contributed by atoms with E-state index < -0.39 is 0 Å². The van der Waals surface area contributed by atoms with Crippen molar-refractivity contribution < 1.29 is 5.21 Å².